The molecule has 1 fully saturated rings. The van der Waals surface area contributed by atoms with E-state index >= 15 is 0 Å². The van der Waals surface area contributed by atoms with E-state index in [1.54, 1.807) is 11.9 Å². The summed E-state index contributed by atoms with van der Waals surface area (Å²) < 4.78 is 5.62. The summed E-state index contributed by atoms with van der Waals surface area (Å²) in [4.78, 5) is 14.2. The third kappa shape index (κ3) is 3.24. The number of anilines is 1. The van der Waals surface area contributed by atoms with E-state index in [0.29, 0.717) is 12.4 Å². The van der Waals surface area contributed by atoms with Gasteiger partial charge in [0.05, 0.1) is 17.7 Å². The molecule has 5 heteroatoms. The van der Waals surface area contributed by atoms with Crippen LogP contribution in [0.1, 0.15) is 19.8 Å². The molecule has 0 unspecified atom stereocenters. The number of aromatic nitrogens is 2. The predicted octanol–water partition coefficient (Wildman–Crippen LogP) is 2.92. The largest absolute Gasteiger partial charge is 0.377 e. The van der Waals surface area contributed by atoms with Crippen molar-refractivity contribution in [1.29, 1.82) is 0 Å². The molecule has 2 aromatic rings. The molecule has 2 heterocycles. The van der Waals surface area contributed by atoms with Gasteiger partial charge in [0.15, 0.2) is 5.82 Å². The molecule has 0 N–H and O–H groups in total. The lowest BCUT2D eigenvalue weighted by atomic mass is 9.98. The maximum absolute atomic E-state index is 12.6. The number of hydrogen-bond donors (Lipinski definition) is 0. The Hall–Kier alpha value is -2.27. The first-order valence-corrected chi connectivity index (χ1v) is 7.99. The zero-order valence-corrected chi connectivity index (χ0v) is 13.5. The van der Waals surface area contributed by atoms with Crippen LogP contribution in [0.3, 0.4) is 0 Å². The summed E-state index contributed by atoms with van der Waals surface area (Å²) in [5.74, 6) is 0.535. The van der Waals surface area contributed by atoms with Crippen LogP contribution in [0.15, 0.2) is 42.5 Å². The second-order valence-electron chi connectivity index (χ2n) is 5.75. The standard InChI is InChI=1S/C18H21N3O2/c1-3-16-14(11-12-23-16)18(22)21(2)17-10-9-15(19-20-17)13-7-5-4-6-8-13/h4-10,14,16H,3,11-12H2,1-2H3/t14-,16+/m1/s1. The van der Waals surface area contributed by atoms with E-state index in [1.165, 1.54) is 0 Å². The average Bonchev–Trinajstić information content (AvgIpc) is 3.10. The number of benzene rings is 1. The Bertz CT molecular complexity index is 658. The van der Waals surface area contributed by atoms with Crippen molar-refractivity contribution in [3.8, 4) is 11.3 Å². The van der Waals surface area contributed by atoms with Gasteiger partial charge >= 0.3 is 0 Å². The van der Waals surface area contributed by atoms with Crippen molar-refractivity contribution in [2.45, 2.75) is 25.9 Å². The summed E-state index contributed by atoms with van der Waals surface area (Å²) in [5.41, 5.74) is 1.81. The molecule has 1 amide bonds. The molecule has 3 rings (SSSR count). The quantitative estimate of drug-likeness (QED) is 0.871. The molecule has 0 spiro atoms. The molecular formula is C18H21N3O2. The highest BCUT2D eigenvalue weighted by molar-refractivity contribution is 5.94. The second-order valence-corrected chi connectivity index (χ2v) is 5.75. The molecule has 1 aliphatic heterocycles. The van der Waals surface area contributed by atoms with E-state index in [1.807, 2.05) is 49.4 Å². The van der Waals surface area contributed by atoms with E-state index in [9.17, 15) is 4.79 Å². The van der Waals surface area contributed by atoms with Gasteiger partial charge in [-0.25, -0.2) is 0 Å². The molecule has 1 saturated heterocycles. The van der Waals surface area contributed by atoms with Gasteiger partial charge in [-0.05, 0) is 25.0 Å². The topological polar surface area (TPSA) is 55.3 Å². The van der Waals surface area contributed by atoms with Gasteiger partial charge in [0.1, 0.15) is 0 Å². The van der Waals surface area contributed by atoms with Crippen molar-refractivity contribution in [2.75, 3.05) is 18.6 Å². The highest BCUT2D eigenvalue weighted by atomic mass is 16.5. The second kappa shape index (κ2) is 6.87. The molecular weight excluding hydrogens is 290 g/mol. The fourth-order valence-electron chi connectivity index (χ4n) is 2.96. The monoisotopic (exact) mass is 311 g/mol. The summed E-state index contributed by atoms with van der Waals surface area (Å²) in [7, 11) is 1.75. The third-order valence-corrected chi connectivity index (χ3v) is 4.32. The van der Waals surface area contributed by atoms with Gasteiger partial charge < -0.3 is 4.74 Å². The lowest BCUT2D eigenvalue weighted by Crippen LogP contribution is -2.37. The number of hydrogen-bond acceptors (Lipinski definition) is 4. The highest BCUT2D eigenvalue weighted by Crippen LogP contribution is 2.26. The van der Waals surface area contributed by atoms with Crippen molar-refractivity contribution < 1.29 is 9.53 Å². The summed E-state index contributed by atoms with van der Waals surface area (Å²) in [6.45, 7) is 2.70. The predicted molar refractivity (Wildman–Crippen MR) is 89.0 cm³/mol. The Labute approximate surface area is 136 Å². The average molecular weight is 311 g/mol. The Morgan fingerprint density at radius 1 is 1.22 bits per heavy atom. The van der Waals surface area contributed by atoms with Crippen LogP contribution in [0.5, 0.6) is 0 Å². The van der Waals surface area contributed by atoms with Crippen LogP contribution in [-0.4, -0.2) is 35.9 Å². The third-order valence-electron chi connectivity index (χ3n) is 4.32. The van der Waals surface area contributed by atoms with Crippen molar-refractivity contribution >= 4 is 11.7 Å². The minimum atomic E-state index is -0.0828. The molecule has 0 saturated carbocycles. The van der Waals surface area contributed by atoms with Gasteiger partial charge in [0.25, 0.3) is 0 Å². The number of amides is 1. The number of nitrogens with zero attached hydrogens (tertiary/aromatic N) is 3. The number of carbonyl (C=O) groups is 1. The summed E-state index contributed by atoms with van der Waals surface area (Å²) in [6, 6.07) is 13.6. The van der Waals surface area contributed by atoms with Crippen LogP contribution < -0.4 is 4.90 Å². The Morgan fingerprint density at radius 3 is 2.65 bits per heavy atom. The van der Waals surface area contributed by atoms with E-state index in [2.05, 4.69) is 10.2 Å². The van der Waals surface area contributed by atoms with E-state index in [-0.39, 0.29) is 17.9 Å². The SMILES string of the molecule is CC[C@@H]1OCC[C@H]1C(=O)N(C)c1ccc(-c2ccccc2)nn1. The molecule has 1 aliphatic rings. The molecule has 5 nitrogen and oxygen atoms in total. The summed E-state index contributed by atoms with van der Waals surface area (Å²) >= 11 is 0. The molecule has 2 atom stereocenters. The van der Waals surface area contributed by atoms with Crippen molar-refractivity contribution in [3.63, 3.8) is 0 Å². The minimum absolute atomic E-state index is 0.0153. The number of ether oxygens (including phenoxy) is 1. The van der Waals surface area contributed by atoms with Gasteiger partial charge in [-0.1, -0.05) is 37.3 Å². The van der Waals surface area contributed by atoms with Crippen LogP contribution >= 0.6 is 0 Å². The van der Waals surface area contributed by atoms with Gasteiger partial charge in [0.2, 0.25) is 5.91 Å². The van der Waals surface area contributed by atoms with Crippen molar-refractivity contribution in [3.05, 3.63) is 42.5 Å². The Balaban J connectivity index is 1.75. The Morgan fingerprint density at radius 2 is 2.00 bits per heavy atom. The molecule has 0 radical (unpaired) electrons. The number of rotatable bonds is 4. The van der Waals surface area contributed by atoms with E-state index < -0.39 is 0 Å². The van der Waals surface area contributed by atoms with E-state index in [0.717, 1.165) is 24.1 Å². The molecule has 120 valence electrons. The molecule has 1 aromatic carbocycles. The van der Waals surface area contributed by atoms with Gasteiger partial charge in [-0.15, -0.1) is 10.2 Å². The Kier molecular flexibility index (Phi) is 4.67. The highest BCUT2D eigenvalue weighted by Gasteiger charge is 2.35. The zero-order chi connectivity index (χ0) is 16.2. The van der Waals surface area contributed by atoms with Gasteiger partial charge in [0, 0.05) is 19.2 Å². The fourth-order valence-corrected chi connectivity index (χ4v) is 2.96. The number of carbonyl (C=O) groups excluding carboxylic acids is 1. The van der Waals surface area contributed by atoms with Crippen LogP contribution in [0.25, 0.3) is 11.3 Å². The maximum atomic E-state index is 12.6. The smallest absolute Gasteiger partial charge is 0.233 e. The summed E-state index contributed by atoms with van der Waals surface area (Å²) in [5, 5.41) is 8.46. The first-order chi connectivity index (χ1) is 11.2. The lowest BCUT2D eigenvalue weighted by Gasteiger charge is -2.22. The molecule has 23 heavy (non-hydrogen) atoms. The van der Waals surface area contributed by atoms with Crippen LogP contribution in [0.2, 0.25) is 0 Å². The van der Waals surface area contributed by atoms with Crippen molar-refractivity contribution in [1.82, 2.24) is 10.2 Å². The van der Waals surface area contributed by atoms with Gasteiger partial charge in [-0.3, -0.25) is 9.69 Å². The van der Waals surface area contributed by atoms with Crippen molar-refractivity contribution in [2.24, 2.45) is 5.92 Å². The van der Waals surface area contributed by atoms with Crippen LogP contribution in [-0.2, 0) is 9.53 Å². The van der Waals surface area contributed by atoms with E-state index in [4.69, 9.17) is 4.74 Å². The summed E-state index contributed by atoms with van der Waals surface area (Å²) in [6.07, 6.45) is 1.64. The molecule has 0 aliphatic carbocycles. The fraction of sp³-hybridized carbons (Fsp3) is 0.389. The van der Waals surface area contributed by atoms with Crippen LogP contribution in [0, 0.1) is 5.92 Å². The minimum Gasteiger partial charge on any atom is -0.377 e. The molecule has 0 bridgehead atoms. The zero-order valence-electron chi connectivity index (χ0n) is 13.5. The lowest BCUT2D eigenvalue weighted by molar-refractivity contribution is -0.123. The first kappa shape index (κ1) is 15.6. The normalized spacial score (nSPS) is 20.4. The maximum Gasteiger partial charge on any atom is 0.233 e. The first-order valence-electron chi connectivity index (χ1n) is 7.99. The molecule has 1 aromatic heterocycles. The van der Waals surface area contributed by atoms with Gasteiger partial charge in [-0.2, -0.15) is 0 Å². The van der Waals surface area contributed by atoms with Crippen LogP contribution in [0.4, 0.5) is 5.82 Å².